The van der Waals surface area contributed by atoms with Crippen molar-refractivity contribution in [2.45, 2.75) is 27.2 Å². The predicted molar refractivity (Wildman–Crippen MR) is 61.6 cm³/mol. The summed E-state index contributed by atoms with van der Waals surface area (Å²) in [6, 6.07) is 2.05. The normalized spacial score (nSPS) is 37.2. The molecule has 3 heteroatoms. The van der Waals surface area contributed by atoms with Gasteiger partial charge < -0.3 is 5.32 Å². The van der Waals surface area contributed by atoms with Crippen LogP contribution in [-0.2, 0) is 4.79 Å². The molecule has 0 amide bonds. The average Bonchev–Trinajstić information content (AvgIpc) is 2.24. The molecule has 0 aromatic carbocycles. The highest BCUT2D eigenvalue weighted by Crippen LogP contribution is 2.50. The Labute approximate surface area is 96.5 Å². The van der Waals surface area contributed by atoms with E-state index in [0.29, 0.717) is 11.5 Å². The fraction of sp³-hybridized carbons (Fsp3) is 0.692. The number of allylic oxidation sites excluding steroid dienone is 1. The van der Waals surface area contributed by atoms with Gasteiger partial charge in [0.15, 0.2) is 5.78 Å². The van der Waals surface area contributed by atoms with Crippen LogP contribution in [0.5, 0.6) is 0 Å². The third-order valence-electron chi connectivity index (χ3n) is 4.21. The Hall–Kier alpha value is -1.14. The highest BCUT2D eigenvalue weighted by atomic mass is 16.1. The first kappa shape index (κ1) is 11.3. The molecule has 16 heavy (non-hydrogen) atoms. The molecule has 1 unspecified atom stereocenters. The van der Waals surface area contributed by atoms with Gasteiger partial charge in [-0.2, -0.15) is 5.26 Å². The molecule has 0 aromatic rings. The minimum Gasteiger partial charge on any atom is -0.316 e. The third-order valence-corrected chi connectivity index (χ3v) is 4.21. The van der Waals surface area contributed by atoms with E-state index >= 15 is 0 Å². The van der Waals surface area contributed by atoms with Crippen molar-refractivity contribution in [3.05, 3.63) is 11.6 Å². The molecule has 0 bridgehead atoms. The molecule has 1 saturated heterocycles. The van der Waals surface area contributed by atoms with Crippen LogP contribution < -0.4 is 5.32 Å². The smallest absolute Gasteiger partial charge is 0.178 e. The molecular formula is C13H18N2O. The number of nitrogens with one attached hydrogen (secondary N) is 1. The number of ketones is 1. The van der Waals surface area contributed by atoms with Gasteiger partial charge in [-0.15, -0.1) is 0 Å². The molecular weight excluding hydrogens is 200 g/mol. The van der Waals surface area contributed by atoms with Crippen LogP contribution in [0.2, 0.25) is 0 Å². The van der Waals surface area contributed by atoms with E-state index in [1.165, 1.54) is 0 Å². The molecule has 1 fully saturated rings. The zero-order valence-corrected chi connectivity index (χ0v) is 10.1. The number of piperidine rings is 1. The summed E-state index contributed by atoms with van der Waals surface area (Å²) in [6.07, 6.45) is 2.89. The standard InChI is InChI=1S/C13H18N2O/c1-12(2)10-4-5-15-8-13(10,3)6-9(7-14)11(12)16/h6,10,15H,4-5,8H2,1-3H3/t10-,13?/m0/s1. The summed E-state index contributed by atoms with van der Waals surface area (Å²) in [4.78, 5) is 12.2. The Morgan fingerprint density at radius 1 is 1.50 bits per heavy atom. The van der Waals surface area contributed by atoms with Gasteiger partial charge in [0.25, 0.3) is 0 Å². The molecule has 0 saturated carbocycles. The van der Waals surface area contributed by atoms with Crippen LogP contribution in [0.25, 0.3) is 0 Å². The number of carbonyl (C=O) groups excluding carboxylic acids is 1. The van der Waals surface area contributed by atoms with E-state index in [4.69, 9.17) is 5.26 Å². The molecule has 1 aliphatic carbocycles. The number of hydrogen-bond acceptors (Lipinski definition) is 3. The summed E-state index contributed by atoms with van der Waals surface area (Å²) in [5, 5.41) is 12.4. The Kier molecular flexibility index (Phi) is 2.43. The van der Waals surface area contributed by atoms with Crippen molar-refractivity contribution in [1.29, 1.82) is 5.26 Å². The number of rotatable bonds is 0. The lowest BCUT2D eigenvalue weighted by molar-refractivity contribution is -0.130. The predicted octanol–water partition coefficient (Wildman–Crippen LogP) is 1.66. The fourth-order valence-corrected chi connectivity index (χ4v) is 3.38. The van der Waals surface area contributed by atoms with Gasteiger partial charge in [0.2, 0.25) is 0 Å². The van der Waals surface area contributed by atoms with Crippen LogP contribution in [0.4, 0.5) is 0 Å². The second kappa shape index (κ2) is 3.43. The molecule has 1 aliphatic heterocycles. The number of Topliss-reactive ketones (excluding diaryl/α,β-unsaturated/α-hetero) is 1. The summed E-state index contributed by atoms with van der Waals surface area (Å²) in [5.74, 6) is 0.352. The van der Waals surface area contributed by atoms with Gasteiger partial charge in [-0.1, -0.05) is 26.8 Å². The minimum atomic E-state index is -0.406. The monoisotopic (exact) mass is 218 g/mol. The molecule has 0 spiro atoms. The molecule has 3 nitrogen and oxygen atoms in total. The molecule has 0 radical (unpaired) electrons. The van der Waals surface area contributed by atoms with Crippen LogP contribution in [-0.4, -0.2) is 18.9 Å². The van der Waals surface area contributed by atoms with E-state index in [2.05, 4.69) is 18.3 Å². The summed E-state index contributed by atoms with van der Waals surface area (Å²) >= 11 is 0. The third kappa shape index (κ3) is 1.41. The van der Waals surface area contributed by atoms with Crippen molar-refractivity contribution >= 4 is 5.78 Å². The van der Waals surface area contributed by atoms with Crippen molar-refractivity contribution < 1.29 is 4.79 Å². The lowest BCUT2D eigenvalue weighted by Gasteiger charge is -2.50. The molecule has 2 aliphatic rings. The van der Waals surface area contributed by atoms with E-state index in [-0.39, 0.29) is 11.2 Å². The van der Waals surface area contributed by atoms with E-state index in [1.54, 1.807) is 0 Å². The van der Waals surface area contributed by atoms with Gasteiger partial charge in [-0.05, 0) is 18.9 Å². The van der Waals surface area contributed by atoms with Gasteiger partial charge in [-0.3, -0.25) is 4.79 Å². The maximum atomic E-state index is 12.2. The lowest BCUT2D eigenvalue weighted by atomic mass is 9.55. The van der Waals surface area contributed by atoms with Gasteiger partial charge in [0.1, 0.15) is 6.07 Å². The van der Waals surface area contributed by atoms with Crippen LogP contribution in [0, 0.1) is 28.1 Å². The first-order valence-corrected chi connectivity index (χ1v) is 5.80. The fourth-order valence-electron chi connectivity index (χ4n) is 3.38. The van der Waals surface area contributed by atoms with Crippen LogP contribution in [0.1, 0.15) is 27.2 Å². The zero-order chi connectivity index (χ0) is 12.0. The Bertz CT molecular complexity index is 403. The van der Waals surface area contributed by atoms with Crippen molar-refractivity contribution in [2.75, 3.05) is 13.1 Å². The quantitative estimate of drug-likeness (QED) is 0.672. The number of nitrogens with zero attached hydrogens (tertiary/aromatic N) is 1. The zero-order valence-electron chi connectivity index (χ0n) is 10.1. The lowest BCUT2D eigenvalue weighted by Crippen LogP contribution is -2.54. The van der Waals surface area contributed by atoms with Crippen molar-refractivity contribution in [3.63, 3.8) is 0 Å². The van der Waals surface area contributed by atoms with Gasteiger partial charge in [-0.25, -0.2) is 0 Å². The van der Waals surface area contributed by atoms with E-state index in [1.807, 2.05) is 19.9 Å². The molecule has 2 atom stereocenters. The summed E-state index contributed by atoms with van der Waals surface area (Å²) < 4.78 is 0. The molecule has 0 aromatic heterocycles. The van der Waals surface area contributed by atoms with Gasteiger partial charge in [0.05, 0.1) is 5.57 Å². The SMILES string of the molecule is CC12C=C(C#N)C(=O)C(C)(C)[C@@H]1CCNC2. The topological polar surface area (TPSA) is 52.9 Å². The second-order valence-electron chi connectivity index (χ2n) is 5.74. The summed E-state index contributed by atoms with van der Waals surface area (Å²) in [7, 11) is 0. The van der Waals surface area contributed by atoms with Crippen LogP contribution in [0.3, 0.4) is 0 Å². The second-order valence-corrected chi connectivity index (χ2v) is 5.74. The minimum absolute atomic E-state index is 0.0133. The highest BCUT2D eigenvalue weighted by molar-refractivity contribution is 6.04. The summed E-state index contributed by atoms with van der Waals surface area (Å²) in [5.41, 5.74) is -0.121. The Morgan fingerprint density at radius 2 is 2.19 bits per heavy atom. The number of carbonyl (C=O) groups is 1. The molecule has 1 heterocycles. The molecule has 1 N–H and O–H groups in total. The molecule has 2 rings (SSSR count). The van der Waals surface area contributed by atoms with Crippen molar-refractivity contribution in [1.82, 2.24) is 5.32 Å². The largest absolute Gasteiger partial charge is 0.316 e. The van der Waals surface area contributed by atoms with Crippen molar-refractivity contribution in [2.24, 2.45) is 16.7 Å². The van der Waals surface area contributed by atoms with Crippen LogP contribution >= 0.6 is 0 Å². The molecule has 86 valence electrons. The van der Waals surface area contributed by atoms with E-state index in [9.17, 15) is 4.79 Å². The first-order chi connectivity index (χ1) is 7.42. The first-order valence-electron chi connectivity index (χ1n) is 5.80. The van der Waals surface area contributed by atoms with E-state index < -0.39 is 5.41 Å². The number of nitriles is 1. The van der Waals surface area contributed by atoms with Crippen molar-refractivity contribution in [3.8, 4) is 6.07 Å². The number of fused-ring (bicyclic) bond motifs is 1. The van der Waals surface area contributed by atoms with Gasteiger partial charge >= 0.3 is 0 Å². The maximum absolute atomic E-state index is 12.2. The van der Waals surface area contributed by atoms with Crippen LogP contribution in [0.15, 0.2) is 11.6 Å². The van der Waals surface area contributed by atoms with E-state index in [0.717, 1.165) is 19.5 Å². The Morgan fingerprint density at radius 3 is 2.81 bits per heavy atom. The summed E-state index contributed by atoms with van der Waals surface area (Å²) in [6.45, 7) is 7.93. The highest BCUT2D eigenvalue weighted by Gasteiger charge is 2.51. The maximum Gasteiger partial charge on any atom is 0.178 e. The number of hydrogen-bond donors (Lipinski definition) is 1. The Balaban J connectivity index is 2.53. The average molecular weight is 218 g/mol. The van der Waals surface area contributed by atoms with Gasteiger partial charge in [0, 0.05) is 17.4 Å².